The van der Waals surface area contributed by atoms with Gasteiger partial charge in [0.1, 0.15) is 0 Å². The summed E-state index contributed by atoms with van der Waals surface area (Å²) in [6, 6.07) is -0.270. The van der Waals surface area contributed by atoms with Crippen LogP contribution in [0.4, 0.5) is 4.79 Å². The molecule has 0 spiro atoms. The van der Waals surface area contributed by atoms with E-state index in [4.69, 9.17) is 4.74 Å². The van der Waals surface area contributed by atoms with Gasteiger partial charge in [0.25, 0.3) is 0 Å². The second-order valence-electron chi connectivity index (χ2n) is 5.32. The predicted octanol–water partition coefficient (Wildman–Crippen LogP) is 2.23. The number of hydrogen-bond acceptors (Lipinski definition) is 5. The highest BCUT2D eigenvalue weighted by atomic mass is 79.9. The molecule has 6 nitrogen and oxygen atoms in total. The molecule has 3 atom stereocenters. The van der Waals surface area contributed by atoms with E-state index in [2.05, 4.69) is 27.2 Å². The lowest BCUT2D eigenvalue weighted by molar-refractivity contribution is -0.132. The summed E-state index contributed by atoms with van der Waals surface area (Å²) >= 11 is 3.48. The second kappa shape index (κ2) is 5.29. The Hall–Kier alpha value is -1.63. The van der Waals surface area contributed by atoms with Crippen LogP contribution in [-0.2, 0) is 9.53 Å². The van der Waals surface area contributed by atoms with Gasteiger partial charge < -0.3 is 4.74 Å². The zero-order chi connectivity index (χ0) is 15.1. The molecule has 0 N–H and O–H groups in total. The van der Waals surface area contributed by atoms with Crippen LogP contribution >= 0.6 is 16.1 Å². The number of methoxy groups -OCH3 is 1. The van der Waals surface area contributed by atoms with E-state index in [0.29, 0.717) is 0 Å². The van der Waals surface area contributed by atoms with Crippen LogP contribution in [0.5, 0.6) is 0 Å². The van der Waals surface area contributed by atoms with Crippen molar-refractivity contribution in [2.75, 3.05) is 7.11 Å². The Morgan fingerprint density at radius 3 is 3.00 bits per heavy atom. The zero-order valence-corrected chi connectivity index (χ0v) is 13.4. The van der Waals surface area contributed by atoms with E-state index in [1.165, 1.54) is 12.0 Å². The maximum absolute atomic E-state index is 12.2. The first-order valence-corrected chi connectivity index (χ1v) is 7.51. The summed E-state index contributed by atoms with van der Waals surface area (Å²) in [7, 11) is 1.29. The van der Waals surface area contributed by atoms with Gasteiger partial charge in [-0.2, -0.15) is 0 Å². The first-order chi connectivity index (χ1) is 10.0. The van der Waals surface area contributed by atoms with Gasteiger partial charge in [0.15, 0.2) is 6.17 Å². The van der Waals surface area contributed by atoms with E-state index in [1.54, 1.807) is 0 Å². The van der Waals surface area contributed by atoms with Crippen molar-refractivity contribution in [3.8, 4) is 0 Å². The topological polar surface area (TPSA) is 62.2 Å². The quantitative estimate of drug-likeness (QED) is 0.494. The molecular weight excluding hydrogens is 338 g/mol. The van der Waals surface area contributed by atoms with Crippen LogP contribution < -0.4 is 0 Å². The highest BCUT2D eigenvalue weighted by molar-refractivity contribution is 9.07. The molecule has 0 aliphatic carbocycles. The number of nitrogens with zero attached hydrogens (tertiary/aromatic N) is 3. The van der Waals surface area contributed by atoms with E-state index in [9.17, 15) is 9.59 Å². The van der Waals surface area contributed by atoms with Crippen LogP contribution in [-0.4, -0.2) is 46.4 Å². The number of halogens is 1. The zero-order valence-electron chi connectivity index (χ0n) is 11.8. The number of hydrogen-bond donors (Lipinski definition) is 0. The van der Waals surface area contributed by atoms with E-state index >= 15 is 0 Å². The van der Waals surface area contributed by atoms with Crippen LogP contribution in [0.25, 0.3) is 0 Å². The summed E-state index contributed by atoms with van der Waals surface area (Å²) in [6.45, 7) is 1.88. The predicted molar refractivity (Wildman–Crippen MR) is 80.6 cm³/mol. The Morgan fingerprint density at radius 1 is 1.52 bits per heavy atom. The molecule has 7 heteroatoms. The average Bonchev–Trinajstić information content (AvgIpc) is 2.46. The minimum Gasteiger partial charge on any atom is -0.452 e. The van der Waals surface area contributed by atoms with E-state index < -0.39 is 6.09 Å². The molecule has 0 bridgehead atoms. The lowest BCUT2D eigenvalue weighted by Crippen LogP contribution is -2.54. The number of ether oxygens (including phenoxy) is 1. The fraction of sp³-hybridized carbons (Fsp3) is 0.500. The van der Waals surface area contributed by atoms with Crippen molar-refractivity contribution in [2.45, 2.75) is 32.0 Å². The third-order valence-electron chi connectivity index (χ3n) is 4.17. The first-order valence-electron chi connectivity index (χ1n) is 6.81. The highest BCUT2D eigenvalue weighted by Crippen LogP contribution is 2.43. The Morgan fingerprint density at radius 2 is 2.29 bits per heavy atom. The first kappa shape index (κ1) is 14.3. The second-order valence-corrected chi connectivity index (χ2v) is 6.14. The van der Waals surface area contributed by atoms with E-state index in [0.717, 1.165) is 17.6 Å². The van der Waals surface area contributed by atoms with Gasteiger partial charge >= 0.3 is 6.09 Å². The van der Waals surface area contributed by atoms with Crippen molar-refractivity contribution in [3.63, 3.8) is 0 Å². The number of carbonyl (C=O) groups is 2. The molecule has 0 saturated carbocycles. The van der Waals surface area contributed by atoms with Gasteiger partial charge in [-0.15, -0.1) is 0 Å². The summed E-state index contributed by atoms with van der Waals surface area (Å²) < 4.78 is 6.59. The number of fused-ring (bicyclic) bond motifs is 3. The van der Waals surface area contributed by atoms with Gasteiger partial charge in [-0.25, -0.2) is 9.69 Å². The number of allylic oxidation sites excluding steroid dienone is 1. The van der Waals surface area contributed by atoms with Crippen LogP contribution in [0.2, 0.25) is 0 Å². The van der Waals surface area contributed by atoms with Gasteiger partial charge in [-0.3, -0.25) is 13.7 Å². The number of likely N-dealkylation sites (tertiary alicyclic amines) is 1. The van der Waals surface area contributed by atoms with Crippen LogP contribution in [0, 0.1) is 5.92 Å². The van der Waals surface area contributed by atoms with Crippen molar-refractivity contribution in [2.24, 2.45) is 10.9 Å². The summed E-state index contributed by atoms with van der Waals surface area (Å²) in [5.74, 6) is -0.214. The monoisotopic (exact) mass is 353 g/mol. The van der Waals surface area contributed by atoms with Crippen molar-refractivity contribution in [1.82, 2.24) is 8.83 Å². The van der Waals surface area contributed by atoms with Crippen LogP contribution in [0.1, 0.15) is 19.8 Å². The maximum Gasteiger partial charge on any atom is 0.416 e. The average molecular weight is 354 g/mol. The molecule has 0 radical (unpaired) electrons. The molecule has 2 amide bonds. The Labute approximate surface area is 131 Å². The molecular formula is C14H16BrN3O3. The maximum atomic E-state index is 12.2. The van der Waals surface area contributed by atoms with Crippen molar-refractivity contribution >= 4 is 34.4 Å². The third kappa shape index (κ3) is 2.19. The molecule has 112 valence electrons. The van der Waals surface area contributed by atoms with E-state index in [1.807, 2.05) is 23.3 Å². The summed E-state index contributed by atoms with van der Waals surface area (Å²) in [5.41, 5.74) is 2.13. The molecule has 3 heterocycles. The Bertz CT molecular complexity index is 584. The molecule has 3 aliphatic heterocycles. The van der Waals surface area contributed by atoms with Gasteiger partial charge in [0, 0.05) is 24.8 Å². The number of carbonyl (C=O) groups excluding carboxylic acids is 2. The minimum atomic E-state index is -0.593. The lowest BCUT2D eigenvalue weighted by atomic mass is 9.76. The standard InChI is InChI=1S/C14H16BrN3O3/c1-8-12-9(6-11(19)18(8)14(20)21-2)7-17(15)13-10(12)4-3-5-16-13/h4-5,7-8,12-13H,3,6H2,1-2H3. The van der Waals surface area contributed by atoms with Crippen LogP contribution in [0.15, 0.2) is 28.4 Å². The smallest absolute Gasteiger partial charge is 0.416 e. The number of piperidine rings is 1. The van der Waals surface area contributed by atoms with Gasteiger partial charge in [0.2, 0.25) is 5.91 Å². The molecule has 0 aromatic heterocycles. The summed E-state index contributed by atoms with van der Waals surface area (Å²) in [5, 5.41) is 0. The largest absolute Gasteiger partial charge is 0.452 e. The SMILES string of the molecule is COC(=O)N1C(=O)CC2=CN(Br)C3N=CCC=C3C2C1C. The molecule has 0 aromatic rings. The fourth-order valence-corrected chi connectivity index (χ4v) is 3.91. The molecule has 21 heavy (non-hydrogen) atoms. The van der Waals surface area contributed by atoms with E-state index in [-0.39, 0.29) is 30.5 Å². The number of rotatable bonds is 0. The molecule has 3 rings (SSSR count). The normalized spacial score (nSPS) is 31.2. The number of dihydropyridines is 1. The molecule has 1 saturated heterocycles. The number of aliphatic imine (C=N–C) groups is 1. The summed E-state index contributed by atoms with van der Waals surface area (Å²) in [6.07, 6.45) is 6.21. The van der Waals surface area contributed by atoms with Crippen molar-refractivity contribution < 1.29 is 14.3 Å². The van der Waals surface area contributed by atoms with Crippen molar-refractivity contribution in [3.05, 3.63) is 23.4 Å². The number of imide groups is 1. The Kier molecular flexibility index (Phi) is 3.61. The minimum absolute atomic E-state index is 0.0121. The van der Waals surface area contributed by atoms with Gasteiger partial charge in [0.05, 0.1) is 35.7 Å². The third-order valence-corrected chi connectivity index (χ3v) is 4.76. The van der Waals surface area contributed by atoms with Gasteiger partial charge in [-0.1, -0.05) is 6.08 Å². The summed E-state index contributed by atoms with van der Waals surface area (Å²) in [4.78, 5) is 29.8. The number of amides is 2. The lowest BCUT2D eigenvalue weighted by Gasteiger charge is -2.45. The van der Waals surface area contributed by atoms with Gasteiger partial charge in [-0.05, 0) is 18.1 Å². The highest BCUT2D eigenvalue weighted by Gasteiger charge is 2.46. The molecule has 0 aromatic carbocycles. The van der Waals surface area contributed by atoms with Crippen LogP contribution in [0.3, 0.4) is 0 Å². The molecule has 1 fully saturated rings. The van der Waals surface area contributed by atoms with Crippen molar-refractivity contribution in [1.29, 1.82) is 0 Å². The molecule has 3 unspecified atom stereocenters. The molecule has 3 aliphatic rings. The fourth-order valence-electron chi connectivity index (χ4n) is 3.30. The Balaban J connectivity index is 2.01.